The highest BCUT2D eigenvalue weighted by Gasteiger charge is 2.24. The summed E-state index contributed by atoms with van der Waals surface area (Å²) in [4.78, 5) is 16.0. The molecular formula is C8H9NO3S. The lowest BCUT2D eigenvalue weighted by molar-refractivity contribution is -0.103. The van der Waals surface area contributed by atoms with Crippen molar-refractivity contribution in [1.29, 1.82) is 0 Å². The Morgan fingerprint density at radius 3 is 3.00 bits per heavy atom. The summed E-state index contributed by atoms with van der Waals surface area (Å²) in [6, 6.07) is 0. The van der Waals surface area contributed by atoms with Crippen molar-refractivity contribution in [3.05, 3.63) is 16.1 Å². The second kappa shape index (κ2) is 3.43. The van der Waals surface area contributed by atoms with Crippen molar-refractivity contribution in [2.24, 2.45) is 0 Å². The largest absolute Gasteiger partial charge is 0.453 e. The SMILES string of the molecule is Cc1ncsc1C(=O)OC1COC1. The summed E-state index contributed by atoms with van der Waals surface area (Å²) in [6.45, 7) is 2.83. The van der Waals surface area contributed by atoms with Gasteiger partial charge in [-0.05, 0) is 6.92 Å². The fourth-order valence-electron chi connectivity index (χ4n) is 0.985. The molecule has 70 valence electrons. The van der Waals surface area contributed by atoms with E-state index in [4.69, 9.17) is 9.47 Å². The van der Waals surface area contributed by atoms with Crippen LogP contribution in [-0.4, -0.2) is 30.3 Å². The van der Waals surface area contributed by atoms with Crippen LogP contribution < -0.4 is 0 Å². The molecule has 0 atom stereocenters. The van der Waals surface area contributed by atoms with Gasteiger partial charge in [0.15, 0.2) is 0 Å². The van der Waals surface area contributed by atoms with E-state index in [0.717, 1.165) is 5.69 Å². The second-order valence-corrected chi connectivity index (χ2v) is 3.69. The average molecular weight is 199 g/mol. The number of carbonyl (C=O) groups excluding carboxylic acids is 1. The number of nitrogens with zero attached hydrogens (tertiary/aromatic N) is 1. The van der Waals surface area contributed by atoms with E-state index >= 15 is 0 Å². The Morgan fingerprint density at radius 1 is 1.77 bits per heavy atom. The number of aryl methyl sites for hydroxylation is 1. The zero-order valence-electron chi connectivity index (χ0n) is 7.15. The van der Waals surface area contributed by atoms with Crippen molar-refractivity contribution < 1.29 is 14.3 Å². The molecule has 0 N–H and O–H groups in total. The quantitative estimate of drug-likeness (QED) is 0.667. The summed E-state index contributed by atoms with van der Waals surface area (Å²) >= 11 is 1.31. The highest BCUT2D eigenvalue weighted by Crippen LogP contribution is 2.16. The lowest BCUT2D eigenvalue weighted by atomic mass is 10.3. The van der Waals surface area contributed by atoms with Crippen LogP contribution in [0.1, 0.15) is 15.4 Å². The number of carbonyl (C=O) groups is 1. The van der Waals surface area contributed by atoms with Crippen molar-refractivity contribution in [1.82, 2.24) is 4.98 Å². The summed E-state index contributed by atoms with van der Waals surface area (Å²) in [6.07, 6.45) is -0.0611. The minimum absolute atomic E-state index is 0.0611. The number of hydrogen-bond acceptors (Lipinski definition) is 5. The van der Waals surface area contributed by atoms with E-state index in [1.54, 1.807) is 12.4 Å². The average Bonchev–Trinajstić information content (AvgIpc) is 2.43. The molecule has 1 aromatic heterocycles. The normalized spacial score (nSPS) is 16.7. The topological polar surface area (TPSA) is 48.4 Å². The molecule has 5 heteroatoms. The van der Waals surface area contributed by atoms with E-state index < -0.39 is 0 Å². The molecule has 2 heterocycles. The van der Waals surface area contributed by atoms with Crippen molar-refractivity contribution >= 4 is 17.3 Å². The van der Waals surface area contributed by atoms with Gasteiger partial charge < -0.3 is 9.47 Å². The zero-order chi connectivity index (χ0) is 9.26. The first kappa shape index (κ1) is 8.65. The van der Waals surface area contributed by atoms with Crippen LogP contribution in [0.4, 0.5) is 0 Å². The van der Waals surface area contributed by atoms with Gasteiger partial charge in [-0.3, -0.25) is 0 Å². The van der Waals surface area contributed by atoms with Gasteiger partial charge >= 0.3 is 5.97 Å². The molecule has 13 heavy (non-hydrogen) atoms. The molecule has 4 nitrogen and oxygen atoms in total. The number of aromatic nitrogens is 1. The first-order chi connectivity index (χ1) is 6.27. The number of ether oxygens (including phenoxy) is 2. The van der Waals surface area contributed by atoms with E-state index in [2.05, 4.69) is 4.98 Å². The maximum Gasteiger partial charge on any atom is 0.350 e. The van der Waals surface area contributed by atoms with Gasteiger partial charge in [-0.15, -0.1) is 11.3 Å². The first-order valence-electron chi connectivity index (χ1n) is 3.96. The first-order valence-corrected chi connectivity index (χ1v) is 4.84. The van der Waals surface area contributed by atoms with Gasteiger partial charge in [0.1, 0.15) is 11.0 Å². The standard InChI is InChI=1S/C8H9NO3S/c1-5-7(13-4-9-5)8(10)12-6-2-11-3-6/h4,6H,2-3H2,1H3. The predicted octanol–water partition coefficient (Wildman–Crippen LogP) is 1.01. The maximum atomic E-state index is 11.4. The Bertz CT molecular complexity index is 319. The van der Waals surface area contributed by atoms with Gasteiger partial charge in [0, 0.05) is 0 Å². The Morgan fingerprint density at radius 2 is 2.54 bits per heavy atom. The van der Waals surface area contributed by atoms with E-state index in [1.165, 1.54) is 11.3 Å². The molecule has 1 saturated heterocycles. The molecule has 1 aliphatic heterocycles. The lowest BCUT2D eigenvalue weighted by Crippen LogP contribution is -2.37. The fraction of sp³-hybridized carbons (Fsp3) is 0.500. The zero-order valence-corrected chi connectivity index (χ0v) is 7.97. The van der Waals surface area contributed by atoms with Gasteiger partial charge in [0.25, 0.3) is 0 Å². The summed E-state index contributed by atoms with van der Waals surface area (Å²) in [5.41, 5.74) is 2.37. The van der Waals surface area contributed by atoms with Crippen LogP contribution >= 0.6 is 11.3 Å². The Kier molecular flexibility index (Phi) is 2.28. The molecular weight excluding hydrogens is 190 g/mol. The van der Waals surface area contributed by atoms with Crippen LogP contribution in [0.3, 0.4) is 0 Å². The minimum Gasteiger partial charge on any atom is -0.453 e. The van der Waals surface area contributed by atoms with Crippen LogP contribution in [0.5, 0.6) is 0 Å². The van der Waals surface area contributed by atoms with Crippen molar-refractivity contribution in [3.63, 3.8) is 0 Å². The van der Waals surface area contributed by atoms with Crippen molar-refractivity contribution in [3.8, 4) is 0 Å². The molecule has 0 saturated carbocycles. The number of esters is 1. The molecule has 0 aromatic carbocycles. The minimum atomic E-state index is -0.284. The second-order valence-electron chi connectivity index (χ2n) is 2.83. The lowest BCUT2D eigenvalue weighted by Gasteiger charge is -2.25. The Labute approximate surface area is 79.5 Å². The number of rotatable bonds is 2. The molecule has 2 rings (SSSR count). The Balaban J connectivity index is 2.00. The predicted molar refractivity (Wildman–Crippen MR) is 46.9 cm³/mol. The van der Waals surface area contributed by atoms with E-state index in [9.17, 15) is 4.79 Å². The van der Waals surface area contributed by atoms with Gasteiger partial charge in [-0.2, -0.15) is 0 Å². The van der Waals surface area contributed by atoms with Crippen LogP contribution in [-0.2, 0) is 9.47 Å². The molecule has 0 unspecified atom stereocenters. The summed E-state index contributed by atoms with van der Waals surface area (Å²) in [5.74, 6) is -0.284. The van der Waals surface area contributed by atoms with Gasteiger partial charge in [0.2, 0.25) is 0 Å². The summed E-state index contributed by atoms with van der Waals surface area (Å²) in [7, 11) is 0. The third kappa shape index (κ3) is 1.71. The van der Waals surface area contributed by atoms with E-state index in [-0.39, 0.29) is 12.1 Å². The van der Waals surface area contributed by atoms with Gasteiger partial charge in [-0.25, -0.2) is 9.78 Å². The molecule has 0 aliphatic carbocycles. The van der Waals surface area contributed by atoms with Crippen LogP contribution in [0.2, 0.25) is 0 Å². The molecule has 0 bridgehead atoms. The molecule has 0 radical (unpaired) electrons. The molecule has 1 fully saturated rings. The third-order valence-corrected chi connectivity index (χ3v) is 2.72. The van der Waals surface area contributed by atoms with E-state index in [0.29, 0.717) is 18.1 Å². The molecule has 0 amide bonds. The van der Waals surface area contributed by atoms with E-state index in [1.807, 2.05) is 0 Å². The number of thiazole rings is 1. The van der Waals surface area contributed by atoms with Gasteiger partial charge in [0.05, 0.1) is 24.4 Å². The molecule has 1 aliphatic rings. The fourth-order valence-corrected chi connectivity index (χ4v) is 1.67. The highest BCUT2D eigenvalue weighted by atomic mass is 32.1. The molecule has 0 spiro atoms. The highest BCUT2D eigenvalue weighted by molar-refractivity contribution is 7.11. The smallest absolute Gasteiger partial charge is 0.350 e. The summed E-state index contributed by atoms with van der Waals surface area (Å²) < 4.78 is 10.0. The Hall–Kier alpha value is -0.940. The van der Waals surface area contributed by atoms with Crippen LogP contribution in [0.25, 0.3) is 0 Å². The summed E-state index contributed by atoms with van der Waals surface area (Å²) in [5, 5.41) is 0. The van der Waals surface area contributed by atoms with Crippen molar-refractivity contribution in [2.75, 3.05) is 13.2 Å². The third-order valence-electron chi connectivity index (χ3n) is 1.81. The number of hydrogen-bond donors (Lipinski definition) is 0. The maximum absolute atomic E-state index is 11.4. The molecule has 1 aromatic rings. The van der Waals surface area contributed by atoms with Crippen molar-refractivity contribution in [2.45, 2.75) is 13.0 Å². The van der Waals surface area contributed by atoms with Gasteiger partial charge in [-0.1, -0.05) is 0 Å². The monoisotopic (exact) mass is 199 g/mol. The van der Waals surface area contributed by atoms with Crippen LogP contribution in [0.15, 0.2) is 5.51 Å². The van der Waals surface area contributed by atoms with Crippen LogP contribution in [0, 0.1) is 6.92 Å².